The molecule has 0 amide bonds. The lowest BCUT2D eigenvalue weighted by Gasteiger charge is -2.27. The third-order valence-electron chi connectivity index (χ3n) is 6.33. The topological polar surface area (TPSA) is 0 Å². The molecule has 0 radical (unpaired) electrons. The van der Waals surface area contributed by atoms with Crippen LogP contribution >= 0.6 is 7.26 Å². The molecule has 0 heterocycles. The van der Waals surface area contributed by atoms with Crippen LogP contribution in [-0.2, 0) is 0 Å². The van der Waals surface area contributed by atoms with Gasteiger partial charge < -0.3 is 17.0 Å². The van der Waals surface area contributed by atoms with Crippen LogP contribution in [0.4, 0.5) is 0 Å². The molecule has 0 N–H and O–H groups in total. The van der Waals surface area contributed by atoms with E-state index in [1.165, 1.54) is 32.6 Å². The van der Waals surface area contributed by atoms with Crippen LogP contribution in [0, 0.1) is 0 Å². The van der Waals surface area contributed by atoms with Gasteiger partial charge in [0.2, 0.25) is 0 Å². The minimum Gasteiger partial charge on any atom is -1.00 e. The number of hydrogen-bond acceptors (Lipinski definition) is 0. The van der Waals surface area contributed by atoms with Crippen molar-refractivity contribution in [1.29, 1.82) is 0 Å². The van der Waals surface area contributed by atoms with E-state index in [2.05, 4.69) is 158 Å². The fourth-order valence-electron chi connectivity index (χ4n) is 4.68. The Labute approximate surface area is 220 Å². The van der Waals surface area contributed by atoms with Crippen LogP contribution in [0.2, 0.25) is 0 Å². The van der Waals surface area contributed by atoms with Gasteiger partial charge in [0.15, 0.2) is 0 Å². The number of halogens is 1. The molecule has 0 saturated heterocycles. The normalized spacial score (nSPS) is 10.7. The summed E-state index contributed by atoms with van der Waals surface area (Å²) in [6.07, 6.45) is 3.43. The lowest BCUT2D eigenvalue weighted by molar-refractivity contribution is -0.00000647. The van der Waals surface area contributed by atoms with Crippen molar-refractivity contribution in [2.75, 3.05) is 6.16 Å². The van der Waals surface area contributed by atoms with Crippen molar-refractivity contribution >= 4 is 28.7 Å². The van der Waals surface area contributed by atoms with Gasteiger partial charge in [-0.2, -0.15) is 0 Å². The van der Waals surface area contributed by atoms with Crippen LogP contribution in [-0.4, -0.2) is 6.16 Å². The van der Waals surface area contributed by atoms with Crippen molar-refractivity contribution in [3.05, 3.63) is 169 Å². The second-order valence-electron chi connectivity index (χ2n) is 8.35. The van der Waals surface area contributed by atoms with Gasteiger partial charge in [-0.1, -0.05) is 115 Å². The first-order valence-electron chi connectivity index (χ1n) is 11.7. The zero-order valence-electron chi connectivity index (χ0n) is 19.5. The standard InChI is InChI=1S/C33H28P.BrH/c1-6-16-28(17-7-1)33(29-18-8-2-9-19-29)26-27-34(30-20-10-3-11-21-30,31-22-12-4-13-23-31)32-24-14-5-15-25-32;/h1-26H,27H2;1H/q+1;/p-1. The van der Waals surface area contributed by atoms with E-state index in [-0.39, 0.29) is 17.0 Å². The van der Waals surface area contributed by atoms with Gasteiger partial charge in [0.1, 0.15) is 23.2 Å². The summed E-state index contributed by atoms with van der Waals surface area (Å²) in [7, 11) is -1.92. The molecule has 0 bridgehead atoms. The number of benzene rings is 5. The average Bonchev–Trinajstić information content (AvgIpc) is 2.94. The second kappa shape index (κ2) is 11.9. The lowest BCUT2D eigenvalue weighted by Crippen LogP contribution is -3.00. The van der Waals surface area contributed by atoms with Crippen LogP contribution < -0.4 is 32.9 Å². The summed E-state index contributed by atoms with van der Waals surface area (Å²) in [5.74, 6) is 0. The number of allylic oxidation sites excluding steroid dienone is 1. The molecule has 0 unspecified atom stereocenters. The summed E-state index contributed by atoms with van der Waals surface area (Å²) in [5, 5.41) is 4.22. The van der Waals surface area contributed by atoms with Crippen LogP contribution in [0.15, 0.2) is 158 Å². The third kappa shape index (κ3) is 5.38. The van der Waals surface area contributed by atoms with E-state index in [0.29, 0.717) is 0 Å². The molecule has 0 nitrogen and oxygen atoms in total. The van der Waals surface area contributed by atoms with Crippen molar-refractivity contribution in [2.24, 2.45) is 0 Å². The smallest absolute Gasteiger partial charge is 0.116 e. The Hall–Kier alpha value is -3.25. The molecule has 5 aromatic carbocycles. The van der Waals surface area contributed by atoms with Crippen molar-refractivity contribution in [3.63, 3.8) is 0 Å². The van der Waals surface area contributed by atoms with Gasteiger partial charge in [-0.3, -0.25) is 0 Å². The molecule has 0 atom stereocenters. The first-order chi connectivity index (χ1) is 16.9. The Bertz CT molecular complexity index is 1200. The summed E-state index contributed by atoms with van der Waals surface area (Å²) in [6.45, 7) is 0. The molecule has 0 aliphatic heterocycles. The van der Waals surface area contributed by atoms with E-state index in [1.54, 1.807) is 0 Å². The highest BCUT2D eigenvalue weighted by molar-refractivity contribution is 7.95. The van der Waals surface area contributed by atoms with Gasteiger partial charge >= 0.3 is 0 Å². The quantitative estimate of drug-likeness (QED) is 0.275. The molecule has 35 heavy (non-hydrogen) atoms. The second-order valence-corrected chi connectivity index (χ2v) is 11.9. The van der Waals surface area contributed by atoms with E-state index < -0.39 is 7.26 Å². The van der Waals surface area contributed by atoms with Crippen LogP contribution in [0.25, 0.3) is 5.57 Å². The van der Waals surface area contributed by atoms with Crippen molar-refractivity contribution in [1.82, 2.24) is 0 Å². The molecular weight excluding hydrogens is 507 g/mol. The highest BCUT2D eigenvalue weighted by Crippen LogP contribution is 2.55. The number of rotatable bonds is 7. The van der Waals surface area contributed by atoms with E-state index in [1.807, 2.05) is 0 Å². The van der Waals surface area contributed by atoms with E-state index in [0.717, 1.165) is 6.16 Å². The molecule has 0 fully saturated rings. The van der Waals surface area contributed by atoms with Crippen LogP contribution in [0.1, 0.15) is 11.1 Å². The molecule has 0 saturated carbocycles. The van der Waals surface area contributed by atoms with E-state index >= 15 is 0 Å². The molecular formula is C33H28BrP. The first-order valence-corrected chi connectivity index (χ1v) is 13.7. The zero-order chi connectivity index (χ0) is 23.1. The Kier molecular flexibility index (Phi) is 8.48. The Morgan fingerprint density at radius 3 is 1.03 bits per heavy atom. The maximum Gasteiger partial charge on any atom is 0.116 e. The fraction of sp³-hybridized carbons (Fsp3) is 0.0303. The van der Waals surface area contributed by atoms with Gasteiger partial charge in [-0.25, -0.2) is 0 Å². The summed E-state index contributed by atoms with van der Waals surface area (Å²) in [5.41, 5.74) is 3.79. The Balaban J connectivity index is 0.00000289. The Morgan fingerprint density at radius 1 is 0.429 bits per heavy atom. The van der Waals surface area contributed by atoms with Crippen molar-refractivity contribution < 1.29 is 17.0 Å². The maximum absolute atomic E-state index is 2.48. The monoisotopic (exact) mass is 534 g/mol. The molecule has 5 aromatic rings. The van der Waals surface area contributed by atoms with Gasteiger partial charge in [0, 0.05) is 0 Å². The highest BCUT2D eigenvalue weighted by atomic mass is 79.9. The van der Waals surface area contributed by atoms with E-state index in [4.69, 9.17) is 0 Å². The Morgan fingerprint density at radius 2 is 0.714 bits per heavy atom. The number of hydrogen-bond donors (Lipinski definition) is 0. The van der Waals surface area contributed by atoms with Crippen molar-refractivity contribution in [2.45, 2.75) is 0 Å². The van der Waals surface area contributed by atoms with Gasteiger partial charge in [0.05, 0.1) is 6.16 Å². The summed E-state index contributed by atoms with van der Waals surface area (Å²) in [4.78, 5) is 0. The van der Waals surface area contributed by atoms with Gasteiger partial charge in [-0.05, 0) is 59.2 Å². The molecule has 0 spiro atoms. The molecule has 2 heteroatoms. The zero-order valence-corrected chi connectivity index (χ0v) is 22.0. The minimum atomic E-state index is -1.92. The predicted molar refractivity (Wildman–Crippen MR) is 150 cm³/mol. The van der Waals surface area contributed by atoms with Crippen molar-refractivity contribution in [3.8, 4) is 0 Å². The minimum absolute atomic E-state index is 0. The van der Waals surface area contributed by atoms with E-state index in [9.17, 15) is 0 Å². The molecule has 0 aromatic heterocycles. The van der Waals surface area contributed by atoms with Crippen LogP contribution in [0.3, 0.4) is 0 Å². The molecule has 0 aliphatic rings. The molecule has 172 valence electrons. The highest BCUT2D eigenvalue weighted by Gasteiger charge is 2.44. The van der Waals surface area contributed by atoms with Gasteiger partial charge in [0.25, 0.3) is 0 Å². The summed E-state index contributed by atoms with van der Waals surface area (Å²) < 4.78 is 0. The average molecular weight is 535 g/mol. The van der Waals surface area contributed by atoms with Crippen LogP contribution in [0.5, 0.6) is 0 Å². The SMILES string of the molecule is C(C[P+](c1ccccc1)(c1ccccc1)c1ccccc1)=C(c1ccccc1)c1ccccc1.[Br-]. The maximum atomic E-state index is 2.48. The fourth-order valence-corrected chi connectivity index (χ4v) is 8.70. The summed E-state index contributed by atoms with van der Waals surface area (Å²) in [6, 6.07) is 54.8. The summed E-state index contributed by atoms with van der Waals surface area (Å²) >= 11 is 0. The largest absolute Gasteiger partial charge is 1.00 e. The lowest BCUT2D eigenvalue weighted by atomic mass is 9.98. The third-order valence-corrected chi connectivity index (χ3v) is 10.6. The van der Waals surface area contributed by atoms with Gasteiger partial charge in [-0.15, -0.1) is 0 Å². The molecule has 5 rings (SSSR count). The molecule has 0 aliphatic carbocycles. The first kappa shape index (κ1) is 24.9. The predicted octanol–water partition coefficient (Wildman–Crippen LogP) is 4.12.